The first-order valence-electron chi connectivity index (χ1n) is 6.55. The fourth-order valence-corrected chi connectivity index (χ4v) is 2.85. The maximum Gasteiger partial charge on any atom is 0.234 e. The topological polar surface area (TPSA) is 55.8 Å². The maximum absolute atomic E-state index is 11.3. The van der Waals surface area contributed by atoms with Gasteiger partial charge in [-0.3, -0.25) is 9.69 Å². The van der Waals surface area contributed by atoms with Gasteiger partial charge in [0.2, 0.25) is 5.91 Å². The van der Waals surface area contributed by atoms with E-state index in [1.807, 2.05) is 0 Å². The van der Waals surface area contributed by atoms with Crippen LogP contribution in [0.15, 0.2) is 0 Å². The van der Waals surface area contributed by atoms with Gasteiger partial charge < -0.3 is 15.3 Å². The van der Waals surface area contributed by atoms with Crippen LogP contribution in [0.5, 0.6) is 0 Å². The second-order valence-electron chi connectivity index (χ2n) is 5.26. The van der Waals surface area contributed by atoms with E-state index in [0.29, 0.717) is 19.6 Å². The van der Waals surface area contributed by atoms with Gasteiger partial charge >= 0.3 is 0 Å². The molecule has 0 radical (unpaired) electrons. The average Bonchev–Trinajstić information content (AvgIpc) is 2.28. The van der Waals surface area contributed by atoms with Crippen molar-refractivity contribution in [2.45, 2.75) is 25.4 Å². The zero-order valence-corrected chi connectivity index (χ0v) is 10.6. The molecule has 0 saturated carbocycles. The van der Waals surface area contributed by atoms with Gasteiger partial charge in [0.25, 0.3) is 0 Å². The number of hydrogen-bond donors (Lipinski definition) is 2. The van der Waals surface area contributed by atoms with Crippen molar-refractivity contribution in [2.24, 2.45) is 0 Å². The van der Waals surface area contributed by atoms with Crippen LogP contribution in [-0.4, -0.2) is 72.2 Å². The second kappa shape index (κ2) is 5.33. The SMILES string of the molecule is CCN1CCC[C@](O)(CN2CCNC(=O)C2)C1. The minimum Gasteiger partial charge on any atom is -0.387 e. The summed E-state index contributed by atoms with van der Waals surface area (Å²) in [5.41, 5.74) is -0.633. The van der Waals surface area contributed by atoms with Crippen molar-refractivity contribution in [3.63, 3.8) is 0 Å². The summed E-state index contributed by atoms with van der Waals surface area (Å²) in [6.07, 6.45) is 1.89. The summed E-state index contributed by atoms with van der Waals surface area (Å²) in [5, 5.41) is 13.4. The number of hydrogen-bond acceptors (Lipinski definition) is 4. The molecule has 2 aliphatic rings. The Kier molecular flexibility index (Phi) is 4.01. The van der Waals surface area contributed by atoms with Crippen LogP contribution in [0, 0.1) is 0 Å². The summed E-state index contributed by atoms with van der Waals surface area (Å²) < 4.78 is 0. The highest BCUT2D eigenvalue weighted by Gasteiger charge is 2.35. The van der Waals surface area contributed by atoms with Crippen molar-refractivity contribution in [3.8, 4) is 0 Å². The molecule has 2 aliphatic heterocycles. The number of amides is 1. The number of rotatable bonds is 3. The zero-order valence-electron chi connectivity index (χ0n) is 10.6. The molecule has 0 aromatic heterocycles. The van der Waals surface area contributed by atoms with Crippen LogP contribution in [0.2, 0.25) is 0 Å². The molecule has 5 heteroatoms. The lowest BCUT2D eigenvalue weighted by molar-refractivity contribution is -0.126. The lowest BCUT2D eigenvalue weighted by Gasteiger charge is -2.42. The average molecular weight is 241 g/mol. The molecule has 2 N–H and O–H groups in total. The third kappa shape index (κ3) is 3.40. The first-order valence-corrected chi connectivity index (χ1v) is 6.55. The summed E-state index contributed by atoms with van der Waals surface area (Å²) in [4.78, 5) is 15.6. The van der Waals surface area contributed by atoms with Crippen molar-refractivity contribution in [3.05, 3.63) is 0 Å². The second-order valence-corrected chi connectivity index (χ2v) is 5.26. The Morgan fingerprint density at radius 2 is 2.24 bits per heavy atom. The third-order valence-corrected chi connectivity index (χ3v) is 3.72. The van der Waals surface area contributed by atoms with Crippen LogP contribution in [0.25, 0.3) is 0 Å². The Hall–Kier alpha value is -0.650. The molecule has 5 nitrogen and oxygen atoms in total. The van der Waals surface area contributed by atoms with Gasteiger partial charge in [-0.25, -0.2) is 0 Å². The largest absolute Gasteiger partial charge is 0.387 e. The zero-order chi connectivity index (χ0) is 12.3. The molecule has 17 heavy (non-hydrogen) atoms. The molecular formula is C12H23N3O2. The highest BCUT2D eigenvalue weighted by Crippen LogP contribution is 2.22. The van der Waals surface area contributed by atoms with Crippen LogP contribution in [0.4, 0.5) is 0 Å². The summed E-state index contributed by atoms with van der Waals surface area (Å²) in [6, 6.07) is 0. The Morgan fingerprint density at radius 3 is 2.94 bits per heavy atom. The molecule has 1 atom stereocenters. The molecule has 2 fully saturated rings. The van der Waals surface area contributed by atoms with Crippen molar-refractivity contribution < 1.29 is 9.90 Å². The Balaban J connectivity index is 1.89. The van der Waals surface area contributed by atoms with E-state index in [-0.39, 0.29) is 5.91 Å². The van der Waals surface area contributed by atoms with Gasteiger partial charge in [0.05, 0.1) is 12.1 Å². The molecule has 98 valence electrons. The van der Waals surface area contributed by atoms with Crippen molar-refractivity contribution in [2.75, 3.05) is 45.8 Å². The predicted molar refractivity (Wildman–Crippen MR) is 65.7 cm³/mol. The summed E-state index contributed by atoms with van der Waals surface area (Å²) in [7, 11) is 0. The van der Waals surface area contributed by atoms with Gasteiger partial charge in [-0.1, -0.05) is 6.92 Å². The van der Waals surface area contributed by atoms with Crippen LogP contribution in [0.1, 0.15) is 19.8 Å². The summed E-state index contributed by atoms with van der Waals surface area (Å²) in [5.74, 6) is 0.0722. The minimum absolute atomic E-state index is 0.0722. The summed E-state index contributed by atoms with van der Waals surface area (Å²) in [6.45, 7) is 7.53. The van der Waals surface area contributed by atoms with E-state index in [2.05, 4.69) is 22.0 Å². The Labute approximate surface area is 103 Å². The van der Waals surface area contributed by atoms with Crippen LogP contribution in [-0.2, 0) is 4.79 Å². The fraction of sp³-hybridized carbons (Fsp3) is 0.917. The third-order valence-electron chi connectivity index (χ3n) is 3.72. The highest BCUT2D eigenvalue weighted by molar-refractivity contribution is 5.78. The summed E-state index contributed by atoms with van der Waals surface area (Å²) >= 11 is 0. The number of nitrogens with one attached hydrogen (secondary N) is 1. The van der Waals surface area contributed by atoms with E-state index in [1.165, 1.54) is 0 Å². The lowest BCUT2D eigenvalue weighted by atomic mass is 9.92. The quantitative estimate of drug-likeness (QED) is 0.684. The molecule has 0 bridgehead atoms. The number of piperazine rings is 1. The Bertz CT molecular complexity index is 285. The van der Waals surface area contributed by atoms with Crippen LogP contribution >= 0.6 is 0 Å². The minimum atomic E-state index is -0.633. The molecular weight excluding hydrogens is 218 g/mol. The molecule has 0 aliphatic carbocycles. The van der Waals surface area contributed by atoms with Crippen molar-refractivity contribution >= 4 is 5.91 Å². The molecule has 2 rings (SSSR count). The molecule has 2 heterocycles. The number of likely N-dealkylation sites (N-methyl/N-ethyl adjacent to an activating group) is 1. The fourth-order valence-electron chi connectivity index (χ4n) is 2.85. The van der Waals surface area contributed by atoms with E-state index < -0.39 is 5.60 Å². The van der Waals surface area contributed by atoms with Gasteiger partial charge in [0.15, 0.2) is 0 Å². The van der Waals surface area contributed by atoms with E-state index in [4.69, 9.17) is 0 Å². The monoisotopic (exact) mass is 241 g/mol. The van der Waals surface area contributed by atoms with Gasteiger partial charge in [-0.15, -0.1) is 0 Å². The first kappa shape index (κ1) is 12.8. The highest BCUT2D eigenvalue weighted by atomic mass is 16.3. The van der Waals surface area contributed by atoms with Gasteiger partial charge in [0, 0.05) is 26.2 Å². The smallest absolute Gasteiger partial charge is 0.234 e. The predicted octanol–water partition coefficient (Wildman–Crippen LogP) is -0.735. The molecule has 0 unspecified atom stereocenters. The van der Waals surface area contributed by atoms with Crippen LogP contribution in [0.3, 0.4) is 0 Å². The molecule has 1 amide bonds. The van der Waals surface area contributed by atoms with Gasteiger partial charge in [0.1, 0.15) is 0 Å². The molecule has 2 saturated heterocycles. The maximum atomic E-state index is 11.3. The van der Waals surface area contributed by atoms with Crippen molar-refractivity contribution in [1.29, 1.82) is 0 Å². The van der Waals surface area contributed by atoms with E-state index >= 15 is 0 Å². The van der Waals surface area contributed by atoms with E-state index in [1.54, 1.807) is 0 Å². The van der Waals surface area contributed by atoms with Gasteiger partial charge in [-0.05, 0) is 25.9 Å². The number of aliphatic hydroxyl groups is 1. The number of β-amino-alcohol motifs (C(OH)–C–C–N with tert-alkyl or cyclic N) is 1. The number of carbonyl (C=O) groups is 1. The number of likely N-dealkylation sites (tertiary alicyclic amines) is 1. The first-order chi connectivity index (χ1) is 8.11. The van der Waals surface area contributed by atoms with Gasteiger partial charge in [-0.2, -0.15) is 0 Å². The van der Waals surface area contributed by atoms with Crippen molar-refractivity contribution in [1.82, 2.24) is 15.1 Å². The normalized spacial score (nSPS) is 32.5. The molecule has 0 spiro atoms. The number of piperidine rings is 1. The Morgan fingerprint density at radius 1 is 1.41 bits per heavy atom. The standard InChI is InChI=1S/C12H23N3O2/c1-2-14-6-3-4-12(17,9-14)10-15-7-5-13-11(16)8-15/h17H,2-10H2,1H3,(H,13,16)/t12-/m1/s1. The van der Waals surface area contributed by atoms with E-state index in [0.717, 1.165) is 39.0 Å². The van der Waals surface area contributed by atoms with E-state index in [9.17, 15) is 9.90 Å². The van der Waals surface area contributed by atoms with Crippen LogP contribution < -0.4 is 5.32 Å². The number of carbonyl (C=O) groups excluding carboxylic acids is 1. The lowest BCUT2D eigenvalue weighted by Crippen LogP contribution is -2.58. The molecule has 0 aromatic rings. The molecule has 0 aromatic carbocycles. The number of nitrogens with zero attached hydrogens (tertiary/aromatic N) is 2.